The minimum atomic E-state index is -0.245. The second-order valence-electron chi connectivity index (χ2n) is 5.22. The van der Waals surface area contributed by atoms with Gasteiger partial charge in [-0.2, -0.15) is 0 Å². The van der Waals surface area contributed by atoms with Gasteiger partial charge in [-0.1, -0.05) is 22.0 Å². The molecule has 0 atom stereocenters. The van der Waals surface area contributed by atoms with E-state index in [0.717, 1.165) is 4.47 Å². The number of carbonyl (C=O) groups excluding carboxylic acids is 3. The van der Waals surface area contributed by atoms with Crippen LogP contribution in [0.3, 0.4) is 0 Å². The lowest BCUT2D eigenvalue weighted by atomic mass is 10.2. The van der Waals surface area contributed by atoms with Crippen molar-refractivity contribution in [1.82, 2.24) is 10.6 Å². The summed E-state index contributed by atoms with van der Waals surface area (Å²) in [7, 11) is 1.54. The Labute approximate surface area is 154 Å². The molecule has 0 fully saturated rings. The van der Waals surface area contributed by atoms with Crippen LogP contribution in [0.15, 0.2) is 53.0 Å². The smallest absolute Gasteiger partial charge is 0.251 e. The average molecular weight is 404 g/mol. The molecule has 2 aromatic rings. The lowest BCUT2D eigenvalue weighted by Crippen LogP contribution is -2.27. The van der Waals surface area contributed by atoms with Crippen molar-refractivity contribution >= 4 is 39.3 Å². The highest BCUT2D eigenvalue weighted by Crippen LogP contribution is 2.11. The minimum Gasteiger partial charge on any atom is -0.355 e. The molecule has 2 rings (SSSR count). The first-order chi connectivity index (χ1) is 12.0. The van der Waals surface area contributed by atoms with E-state index in [1.165, 1.54) is 0 Å². The van der Waals surface area contributed by atoms with Crippen molar-refractivity contribution in [2.45, 2.75) is 6.42 Å². The fourth-order valence-electron chi connectivity index (χ4n) is 2.10. The number of carbonyl (C=O) groups is 3. The maximum Gasteiger partial charge on any atom is 0.251 e. The zero-order valence-electron chi connectivity index (χ0n) is 13.6. The van der Waals surface area contributed by atoms with E-state index >= 15 is 0 Å². The van der Waals surface area contributed by atoms with E-state index in [1.54, 1.807) is 55.6 Å². The van der Waals surface area contributed by atoms with Gasteiger partial charge in [-0.15, -0.1) is 0 Å². The normalized spacial score (nSPS) is 10.0. The zero-order chi connectivity index (χ0) is 18.2. The summed E-state index contributed by atoms with van der Waals surface area (Å²) in [5.41, 5.74) is 1.52. The highest BCUT2D eigenvalue weighted by molar-refractivity contribution is 9.10. The number of hydrogen-bond donors (Lipinski definition) is 3. The van der Waals surface area contributed by atoms with E-state index in [2.05, 4.69) is 31.9 Å². The molecule has 25 heavy (non-hydrogen) atoms. The van der Waals surface area contributed by atoms with Crippen LogP contribution in [0.1, 0.15) is 27.1 Å². The molecule has 0 aromatic heterocycles. The Balaban J connectivity index is 1.82. The third kappa shape index (κ3) is 5.72. The third-order valence-corrected chi connectivity index (χ3v) is 3.91. The fraction of sp³-hybridized carbons (Fsp3) is 0.167. The Bertz CT molecular complexity index is 775. The Hall–Kier alpha value is -2.67. The van der Waals surface area contributed by atoms with Gasteiger partial charge in [-0.05, 0) is 42.5 Å². The molecule has 130 valence electrons. The van der Waals surface area contributed by atoms with E-state index < -0.39 is 0 Å². The zero-order valence-corrected chi connectivity index (χ0v) is 15.2. The first-order valence-corrected chi connectivity index (χ1v) is 8.44. The minimum absolute atomic E-state index is 0.131. The molecule has 3 amide bonds. The standard InChI is InChI=1S/C18H18BrN3O3/c1-20-17(24)13-3-2-4-15(11-13)22-16(23)9-10-21-18(25)12-5-7-14(19)8-6-12/h2-8,11H,9-10H2,1H3,(H,20,24)(H,21,25)(H,22,23). The van der Waals surface area contributed by atoms with Crippen LogP contribution in [0, 0.1) is 0 Å². The van der Waals surface area contributed by atoms with Crippen molar-refractivity contribution in [3.8, 4) is 0 Å². The fourth-order valence-corrected chi connectivity index (χ4v) is 2.36. The summed E-state index contributed by atoms with van der Waals surface area (Å²) >= 11 is 3.31. The van der Waals surface area contributed by atoms with Gasteiger partial charge in [0.05, 0.1) is 0 Å². The van der Waals surface area contributed by atoms with Crippen molar-refractivity contribution in [3.63, 3.8) is 0 Å². The Morgan fingerprint density at radius 1 is 0.960 bits per heavy atom. The van der Waals surface area contributed by atoms with Crippen LogP contribution in [0.2, 0.25) is 0 Å². The molecule has 2 aromatic carbocycles. The summed E-state index contributed by atoms with van der Waals surface area (Å²) in [5.74, 6) is -0.704. The molecule has 0 aliphatic carbocycles. The number of amides is 3. The summed E-state index contributed by atoms with van der Waals surface area (Å²) in [6.07, 6.45) is 0.131. The van der Waals surface area contributed by atoms with Crippen LogP contribution in [-0.2, 0) is 4.79 Å². The van der Waals surface area contributed by atoms with Gasteiger partial charge in [0, 0.05) is 41.3 Å². The summed E-state index contributed by atoms with van der Waals surface area (Å²) in [4.78, 5) is 35.5. The first kappa shape index (κ1) is 18.7. The second kappa shape index (κ2) is 8.98. The van der Waals surface area contributed by atoms with Crippen molar-refractivity contribution < 1.29 is 14.4 Å². The maximum atomic E-state index is 12.0. The molecule has 0 aliphatic heterocycles. The predicted octanol–water partition coefficient (Wildman–Crippen LogP) is 2.57. The molecule has 0 bridgehead atoms. The third-order valence-electron chi connectivity index (χ3n) is 3.38. The van der Waals surface area contributed by atoms with E-state index in [0.29, 0.717) is 16.8 Å². The van der Waals surface area contributed by atoms with E-state index in [9.17, 15) is 14.4 Å². The first-order valence-electron chi connectivity index (χ1n) is 7.65. The topological polar surface area (TPSA) is 87.3 Å². The van der Waals surface area contributed by atoms with Crippen LogP contribution in [0.25, 0.3) is 0 Å². The van der Waals surface area contributed by atoms with Crippen molar-refractivity contribution in [3.05, 3.63) is 64.1 Å². The Kier molecular flexibility index (Phi) is 6.71. The highest BCUT2D eigenvalue weighted by atomic mass is 79.9. The molecule has 7 heteroatoms. The van der Waals surface area contributed by atoms with Crippen LogP contribution < -0.4 is 16.0 Å². The molecule has 0 saturated carbocycles. The largest absolute Gasteiger partial charge is 0.355 e. The lowest BCUT2D eigenvalue weighted by molar-refractivity contribution is -0.116. The number of nitrogens with one attached hydrogen (secondary N) is 3. The van der Waals surface area contributed by atoms with E-state index in [4.69, 9.17) is 0 Å². The number of anilines is 1. The quantitative estimate of drug-likeness (QED) is 0.692. The van der Waals surface area contributed by atoms with Gasteiger partial charge in [0.1, 0.15) is 0 Å². The lowest BCUT2D eigenvalue weighted by Gasteiger charge is -2.08. The molecule has 0 saturated heterocycles. The van der Waals surface area contributed by atoms with Gasteiger partial charge in [0.25, 0.3) is 11.8 Å². The van der Waals surface area contributed by atoms with Crippen LogP contribution >= 0.6 is 15.9 Å². The number of halogens is 1. The van der Waals surface area contributed by atoms with Gasteiger partial charge in [-0.25, -0.2) is 0 Å². The second-order valence-corrected chi connectivity index (χ2v) is 6.14. The van der Waals surface area contributed by atoms with Crippen molar-refractivity contribution in [1.29, 1.82) is 0 Å². The van der Waals surface area contributed by atoms with Gasteiger partial charge in [0.15, 0.2) is 0 Å². The SMILES string of the molecule is CNC(=O)c1cccc(NC(=O)CCNC(=O)c2ccc(Br)cc2)c1. The number of rotatable bonds is 6. The van der Waals surface area contributed by atoms with E-state index in [1.807, 2.05) is 0 Å². The number of benzene rings is 2. The summed E-state index contributed by atoms with van der Waals surface area (Å²) in [6.45, 7) is 0.218. The van der Waals surface area contributed by atoms with Gasteiger partial charge in [0.2, 0.25) is 5.91 Å². The monoisotopic (exact) mass is 403 g/mol. The predicted molar refractivity (Wildman–Crippen MR) is 99.6 cm³/mol. The molecular weight excluding hydrogens is 386 g/mol. The van der Waals surface area contributed by atoms with Gasteiger partial charge < -0.3 is 16.0 Å². The Morgan fingerprint density at radius 2 is 1.68 bits per heavy atom. The molecule has 3 N–H and O–H groups in total. The molecule has 0 unspecified atom stereocenters. The molecule has 0 aliphatic rings. The molecule has 0 radical (unpaired) electrons. The molecule has 0 heterocycles. The van der Waals surface area contributed by atoms with Crippen LogP contribution in [0.5, 0.6) is 0 Å². The van der Waals surface area contributed by atoms with Crippen molar-refractivity contribution in [2.75, 3.05) is 18.9 Å². The van der Waals surface area contributed by atoms with Crippen LogP contribution in [-0.4, -0.2) is 31.3 Å². The van der Waals surface area contributed by atoms with E-state index in [-0.39, 0.29) is 30.7 Å². The summed E-state index contributed by atoms with van der Waals surface area (Å²) in [5, 5.41) is 7.93. The maximum absolute atomic E-state index is 12.0. The van der Waals surface area contributed by atoms with Gasteiger partial charge in [-0.3, -0.25) is 14.4 Å². The summed E-state index contributed by atoms with van der Waals surface area (Å²) in [6, 6.07) is 13.6. The van der Waals surface area contributed by atoms with Crippen molar-refractivity contribution in [2.24, 2.45) is 0 Å². The molecule has 6 nitrogen and oxygen atoms in total. The summed E-state index contributed by atoms with van der Waals surface area (Å²) < 4.78 is 0.891. The van der Waals surface area contributed by atoms with Crippen LogP contribution in [0.4, 0.5) is 5.69 Å². The van der Waals surface area contributed by atoms with Gasteiger partial charge >= 0.3 is 0 Å². The molecular formula is C18H18BrN3O3. The highest BCUT2D eigenvalue weighted by Gasteiger charge is 2.08. The number of hydrogen-bond acceptors (Lipinski definition) is 3. The molecule has 0 spiro atoms. The Morgan fingerprint density at radius 3 is 2.36 bits per heavy atom. The average Bonchev–Trinajstić information content (AvgIpc) is 2.61.